The molecule has 0 saturated heterocycles. The third-order valence-electron chi connectivity index (χ3n) is 7.54. The van der Waals surface area contributed by atoms with Gasteiger partial charge in [0.25, 0.3) is 0 Å². The number of carbonyl (C=O) groups is 2. The lowest BCUT2D eigenvalue weighted by atomic mass is 9.48. The molecule has 6 rings (SSSR count). The van der Waals surface area contributed by atoms with Gasteiger partial charge in [0, 0.05) is 6.04 Å². The molecule has 0 heterocycles. The molecule has 0 aromatic heterocycles. The van der Waals surface area contributed by atoms with Crippen LogP contribution in [0.2, 0.25) is 0 Å². The Bertz CT molecular complexity index is 708. The zero-order valence-corrected chi connectivity index (χ0v) is 14.4. The van der Waals surface area contributed by atoms with Crippen molar-refractivity contribution in [2.45, 2.75) is 56.4 Å². The van der Waals surface area contributed by atoms with E-state index >= 15 is 0 Å². The van der Waals surface area contributed by atoms with E-state index in [1.165, 1.54) is 0 Å². The van der Waals surface area contributed by atoms with Crippen molar-refractivity contribution in [1.82, 2.24) is 5.32 Å². The highest BCUT2D eigenvalue weighted by molar-refractivity contribution is 5.91. The molecule has 4 heteroatoms. The molecule has 0 aliphatic heterocycles. The molecule has 5 aliphatic carbocycles. The second kappa shape index (κ2) is 5.09. The molecule has 2 N–H and O–H groups in total. The minimum Gasteiger partial charge on any atom is -0.481 e. The van der Waals surface area contributed by atoms with E-state index in [0.29, 0.717) is 17.8 Å². The predicted molar refractivity (Wildman–Crippen MR) is 92.9 cm³/mol. The number of amides is 1. The maximum Gasteiger partial charge on any atom is 0.309 e. The Morgan fingerprint density at radius 2 is 1.64 bits per heavy atom. The Kier molecular flexibility index (Phi) is 3.14. The normalized spacial score (nSPS) is 39.8. The van der Waals surface area contributed by atoms with Crippen LogP contribution in [-0.2, 0) is 15.0 Å². The summed E-state index contributed by atoms with van der Waals surface area (Å²) in [4.78, 5) is 25.0. The topological polar surface area (TPSA) is 66.4 Å². The summed E-state index contributed by atoms with van der Waals surface area (Å²) in [5, 5.41) is 13.1. The lowest BCUT2D eigenvalue weighted by molar-refractivity contribution is -0.167. The second-order valence-electron chi connectivity index (χ2n) is 9.00. The Morgan fingerprint density at radius 3 is 2.20 bits per heavy atom. The molecule has 5 saturated carbocycles. The van der Waals surface area contributed by atoms with E-state index < -0.39 is 11.4 Å². The first-order chi connectivity index (χ1) is 12.0. The van der Waals surface area contributed by atoms with E-state index in [4.69, 9.17) is 0 Å². The lowest BCUT2D eigenvalue weighted by Gasteiger charge is -2.58. The molecule has 5 fully saturated rings. The molecule has 5 aliphatic rings. The van der Waals surface area contributed by atoms with Crippen LogP contribution < -0.4 is 5.32 Å². The first-order valence-electron chi connectivity index (χ1n) is 9.62. The van der Waals surface area contributed by atoms with Crippen LogP contribution in [-0.4, -0.2) is 23.0 Å². The third kappa shape index (κ3) is 2.19. The van der Waals surface area contributed by atoms with Crippen LogP contribution in [0.4, 0.5) is 0 Å². The summed E-state index contributed by atoms with van der Waals surface area (Å²) < 4.78 is 0. The predicted octanol–water partition coefficient (Wildman–Crippen LogP) is 3.11. The number of carboxylic acid groups (broad SMARTS) is 1. The van der Waals surface area contributed by atoms with E-state index in [-0.39, 0.29) is 17.4 Å². The largest absolute Gasteiger partial charge is 0.481 e. The van der Waals surface area contributed by atoms with Gasteiger partial charge in [0.05, 0.1) is 10.8 Å². The van der Waals surface area contributed by atoms with Crippen LogP contribution in [0.25, 0.3) is 0 Å². The van der Waals surface area contributed by atoms with Gasteiger partial charge in [-0.2, -0.15) is 0 Å². The first-order valence-corrected chi connectivity index (χ1v) is 9.62. The molecule has 5 atom stereocenters. The quantitative estimate of drug-likeness (QED) is 0.886. The molecule has 1 aromatic rings. The van der Waals surface area contributed by atoms with Gasteiger partial charge in [0.1, 0.15) is 0 Å². The fourth-order valence-corrected chi connectivity index (χ4v) is 6.34. The van der Waals surface area contributed by atoms with Gasteiger partial charge >= 0.3 is 5.97 Å². The van der Waals surface area contributed by atoms with Crippen molar-refractivity contribution in [2.24, 2.45) is 23.2 Å². The molecule has 4 nitrogen and oxygen atoms in total. The molecular weight excluding hydrogens is 314 g/mol. The standard InChI is InChI=1S/C21H25NO3/c23-18(21(6-7-21)16-4-2-1-3-5-16)22-17-14-8-13-9-15(17)12-20(10-13,11-14)19(24)25/h1-5,13-15,17H,6-12H2,(H,22,23)(H,24,25)/t13?,14-,15+,17?,20?. The summed E-state index contributed by atoms with van der Waals surface area (Å²) in [5.74, 6) is 0.793. The monoisotopic (exact) mass is 339 g/mol. The maximum absolute atomic E-state index is 13.1. The Balaban J connectivity index is 1.36. The van der Waals surface area contributed by atoms with E-state index in [1.807, 2.05) is 18.2 Å². The average Bonchev–Trinajstić information content (AvgIpc) is 3.40. The molecule has 132 valence electrons. The Morgan fingerprint density at radius 1 is 1.00 bits per heavy atom. The van der Waals surface area contributed by atoms with E-state index in [2.05, 4.69) is 17.4 Å². The number of nitrogens with one attached hydrogen (secondary N) is 1. The highest BCUT2D eigenvalue weighted by atomic mass is 16.4. The van der Waals surface area contributed by atoms with Gasteiger partial charge in [-0.1, -0.05) is 30.3 Å². The minimum atomic E-state index is -0.611. The Labute approximate surface area is 148 Å². The number of hydrogen-bond acceptors (Lipinski definition) is 2. The van der Waals surface area contributed by atoms with Gasteiger partial charge < -0.3 is 10.4 Å². The number of carboxylic acids is 1. The molecule has 3 unspecified atom stereocenters. The summed E-state index contributed by atoms with van der Waals surface area (Å²) >= 11 is 0. The van der Waals surface area contributed by atoms with E-state index in [0.717, 1.165) is 50.5 Å². The average molecular weight is 339 g/mol. The fraction of sp³-hybridized carbons (Fsp3) is 0.619. The van der Waals surface area contributed by atoms with Crippen molar-refractivity contribution >= 4 is 11.9 Å². The van der Waals surface area contributed by atoms with Crippen molar-refractivity contribution in [3.05, 3.63) is 35.9 Å². The van der Waals surface area contributed by atoms with Crippen LogP contribution in [0.1, 0.15) is 50.5 Å². The van der Waals surface area contributed by atoms with Crippen molar-refractivity contribution in [1.29, 1.82) is 0 Å². The molecule has 1 amide bonds. The summed E-state index contributed by atoms with van der Waals surface area (Å²) in [6.07, 6.45) is 6.38. The van der Waals surface area contributed by atoms with Gasteiger partial charge in [-0.25, -0.2) is 0 Å². The summed E-state index contributed by atoms with van der Waals surface area (Å²) in [6, 6.07) is 10.3. The molecule has 0 spiro atoms. The SMILES string of the molecule is O=C(O)C12CC3C[C@H](C1)C(NC(=O)C1(c4ccccc4)CC1)[C@@H](C3)C2. The summed E-state index contributed by atoms with van der Waals surface area (Å²) in [6.45, 7) is 0. The Hall–Kier alpha value is -1.84. The highest BCUT2D eigenvalue weighted by Crippen LogP contribution is 2.60. The number of rotatable bonds is 4. The lowest BCUT2D eigenvalue weighted by Crippen LogP contribution is -2.61. The van der Waals surface area contributed by atoms with Crippen LogP contribution in [0, 0.1) is 23.2 Å². The van der Waals surface area contributed by atoms with Gasteiger partial charge in [0.15, 0.2) is 0 Å². The molecule has 25 heavy (non-hydrogen) atoms. The number of hydrogen-bond donors (Lipinski definition) is 2. The van der Waals surface area contributed by atoms with Crippen molar-refractivity contribution in [3.63, 3.8) is 0 Å². The summed E-state index contributed by atoms with van der Waals surface area (Å²) in [5.41, 5.74) is 0.285. The van der Waals surface area contributed by atoms with Gasteiger partial charge in [-0.05, 0) is 68.3 Å². The number of aliphatic carboxylic acids is 1. The number of carbonyl (C=O) groups excluding carboxylic acids is 1. The van der Waals surface area contributed by atoms with Crippen LogP contribution >= 0.6 is 0 Å². The van der Waals surface area contributed by atoms with Crippen LogP contribution in [0.15, 0.2) is 30.3 Å². The van der Waals surface area contributed by atoms with Crippen molar-refractivity contribution in [2.75, 3.05) is 0 Å². The van der Waals surface area contributed by atoms with Crippen LogP contribution in [0.5, 0.6) is 0 Å². The maximum atomic E-state index is 13.1. The number of benzene rings is 1. The zero-order valence-electron chi connectivity index (χ0n) is 14.4. The van der Waals surface area contributed by atoms with Gasteiger partial charge in [-0.15, -0.1) is 0 Å². The first kappa shape index (κ1) is 15.4. The van der Waals surface area contributed by atoms with Gasteiger partial charge in [0.2, 0.25) is 5.91 Å². The smallest absolute Gasteiger partial charge is 0.309 e. The molecule has 1 aromatic carbocycles. The van der Waals surface area contributed by atoms with E-state index in [9.17, 15) is 14.7 Å². The third-order valence-corrected chi connectivity index (χ3v) is 7.54. The second-order valence-corrected chi connectivity index (χ2v) is 9.00. The van der Waals surface area contributed by atoms with E-state index in [1.54, 1.807) is 0 Å². The van der Waals surface area contributed by atoms with Crippen molar-refractivity contribution in [3.8, 4) is 0 Å². The minimum absolute atomic E-state index is 0.167. The molecule has 0 radical (unpaired) electrons. The fourth-order valence-electron chi connectivity index (χ4n) is 6.34. The highest BCUT2D eigenvalue weighted by Gasteiger charge is 2.60. The molecule has 4 bridgehead atoms. The summed E-state index contributed by atoms with van der Waals surface area (Å²) in [7, 11) is 0. The van der Waals surface area contributed by atoms with Crippen LogP contribution in [0.3, 0.4) is 0 Å². The van der Waals surface area contributed by atoms with Crippen molar-refractivity contribution < 1.29 is 14.7 Å². The zero-order chi connectivity index (χ0) is 17.2. The van der Waals surface area contributed by atoms with Gasteiger partial charge in [-0.3, -0.25) is 9.59 Å². The molecular formula is C21H25NO3.